The van der Waals surface area contributed by atoms with E-state index in [1.807, 2.05) is 6.07 Å². The van der Waals surface area contributed by atoms with Crippen molar-refractivity contribution in [3.05, 3.63) is 53.7 Å². The van der Waals surface area contributed by atoms with Crippen LogP contribution >= 0.6 is 0 Å². The van der Waals surface area contributed by atoms with Crippen LogP contribution in [0.2, 0.25) is 0 Å². The Balaban J connectivity index is 2.45. The van der Waals surface area contributed by atoms with Gasteiger partial charge >= 0.3 is 0 Å². The molecule has 2 aromatic rings. The Hall–Kier alpha value is -2.14. The molecule has 0 aliphatic heterocycles. The van der Waals surface area contributed by atoms with E-state index in [2.05, 4.69) is 11.1 Å². The zero-order chi connectivity index (χ0) is 13.2. The van der Waals surface area contributed by atoms with Crippen molar-refractivity contribution in [2.24, 2.45) is 0 Å². The Kier molecular flexibility index (Phi) is 1.67. The third kappa shape index (κ3) is 1.87. The van der Waals surface area contributed by atoms with E-state index in [-0.39, 0.29) is 5.56 Å². The molecule has 0 spiro atoms. The van der Waals surface area contributed by atoms with E-state index < -0.39 is 6.85 Å². The zero-order valence-electron chi connectivity index (χ0n) is 10.9. The lowest BCUT2D eigenvalue weighted by molar-refractivity contribution is 1.27. The third-order valence-corrected chi connectivity index (χ3v) is 2.09. The third-order valence-electron chi connectivity index (χ3n) is 2.09. The molecular formula is C13H10N2. The van der Waals surface area contributed by atoms with Crippen LogP contribution in [0.25, 0.3) is 11.3 Å². The first-order valence-corrected chi connectivity index (χ1v) is 4.48. The molecule has 0 aliphatic rings. The van der Waals surface area contributed by atoms with Gasteiger partial charge in [0.05, 0.1) is 17.3 Å². The highest BCUT2D eigenvalue weighted by Gasteiger charge is 2.03. The maximum absolute atomic E-state index is 9.00. The molecule has 2 heteroatoms. The SMILES string of the molecule is [2H]C([2H])([2H])c1ccc(-c2ccccc2C#N)nc1. The maximum Gasteiger partial charge on any atom is 0.0998 e. The number of nitriles is 1. The molecular weight excluding hydrogens is 184 g/mol. The van der Waals surface area contributed by atoms with Crippen LogP contribution in [-0.4, -0.2) is 4.98 Å². The van der Waals surface area contributed by atoms with Crippen molar-refractivity contribution in [3.63, 3.8) is 0 Å². The first-order valence-electron chi connectivity index (χ1n) is 5.98. The number of benzene rings is 1. The first kappa shape index (κ1) is 6.36. The highest BCUT2D eigenvalue weighted by atomic mass is 14.7. The molecule has 1 heterocycles. The molecule has 0 bridgehead atoms. The molecule has 0 amide bonds. The second-order valence-corrected chi connectivity index (χ2v) is 3.09. The summed E-state index contributed by atoms with van der Waals surface area (Å²) in [5.74, 6) is 0. The highest BCUT2D eigenvalue weighted by molar-refractivity contribution is 5.67. The Morgan fingerprint density at radius 3 is 2.80 bits per heavy atom. The largest absolute Gasteiger partial charge is 0.256 e. The van der Waals surface area contributed by atoms with Gasteiger partial charge in [0.1, 0.15) is 0 Å². The topological polar surface area (TPSA) is 36.7 Å². The highest BCUT2D eigenvalue weighted by Crippen LogP contribution is 2.20. The van der Waals surface area contributed by atoms with Crippen LogP contribution in [0.5, 0.6) is 0 Å². The zero-order valence-corrected chi connectivity index (χ0v) is 7.94. The molecule has 0 radical (unpaired) electrons. The number of hydrogen-bond donors (Lipinski definition) is 0. The number of pyridine rings is 1. The molecule has 0 unspecified atom stereocenters. The molecule has 2 rings (SSSR count). The smallest absolute Gasteiger partial charge is 0.0998 e. The van der Waals surface area contributed by atoms with Crippen LogP contribution in [-0.2, 0) is 0 Å². The van der Waals surface area contributed by atoms with Gasteiger partial charge in [-0.3, -0.25) is 4.98 Å². The molecule has 0 saturated carbocycles. The number of nitrogens with zero attached hydrogens (tertiary/aromatic N) is 2. The Morgan fingerprint density at radius 2 is 2.13 bits per heavy atom. The fraction of sp³-hybridized carbons (Fsp3) is 0.0769. The molecule has 0 atom stereocenters. The summed E-state index contributed by atoms with van der Waals surface area (Å²) in [6.07, 6.45) is 1.33. The van der Waals surface area contributed by atoms with Crippen molar-refractivity contribution < 1.29 is 4.11 Å². The van der Waals surface area contributed by atoms with Crippen LogP contribution in [0.15, 0.2) is 42.6 Å². The van der Waals surface area contributed by atoms with E-state index in [9.17, 15) is 0 Å². The molecule has 2 nitrogen and oxygen atoms in total. The van der Waals surface area contributed by atoms with Gasteiger partial charge in [-0.1, -0.05) is 24.3 Å². The van der Waals surface area contributed by atoms with Gasteiger partial charge in [0, 0.05) is 15.9 Å². The minimum absolute atomic E-state index is 0.195. The van der Waals surface area contributed by atoms with Crippen molar-refractivity contribution in [3.8, 4) is 17.3 Å². The van der Waals surface area contributed by atoms with Gasteiger partial charge in [-0.25, -0.2) is 0 Å². The van der Waals surface area contributed by atoms with Crippen LogP contribution in [0, 0.1) is 18.2 Å². The van der Waals surface area contributed by atoms with Crippen molar-refractivity contribution in [1.29, 1.82) is 5.26 Å². The lowest BCUT2D eigenvalue weighted by Gasteiger charge is -2.02. The lowest BCUT2D eigenvalue weighted by Crippen LogP contribution is -1.87. The molecule has 0 N–H and O–H groups in total. The second kappa shape index (κ2) is 3.93. The number of rotatable bonds is 1. The number of aromatic nitrogens is 1. The van der Waals surface area contributed by atoms with Gasteiger partial charge in [0.2, 0.25) is 0 Å². The summed E-state index contributed by atoms with van der Waals surface area (Å²) in [5, 5.41) is 9.00. The summed E-state index contributed by atoms with van der Waals surface area (Å²) < 4.78 is 21.8. The van der Waals surface area contributed by atoms with Gasteiger partial charge in [-0.05, 0) is 24.5 Å². The Morgan fingerprint density at radius 1 is 1.27 bits per heavy atom. The molecule has 0 saturated heterocycles. The number of aryl methyl sites for hydroxylation is 1. The normalized spacial score (nSPS) is 13.4. The molecule has 0 aliphatic carbocycles. The van der Waals surface area contributed by atoms with Gasteiger partial charge in [0.15, 0.2) is 0 Å². The minimum Gasteiger partial charge on any atom is -0.256 e. The lowest BCUT2D eigenvalue weighted by atomic mass is 10.0. The maximum atomic E-state index is 9.00. The summed E-state index contributed by atoms with van der Waals surface area (Å²) in [5.41, 5.74) is 2.02. The molecule has 1 aromatic heterocycles. The monoisotopic (exact) mass is 197 g/mol. The van der Waals surface area contributed by atoms with Crippen LogP contribution in [0.4, 0.5) is 0 Å². The fourth-order valence-electron chi connectivity index (χ4n) is 1.36. The van der Waals surface area contributed by atoms with E-state index in [1.54, 1.807) is 24.3 Å². The summed E-state index contributed by atoms with van der Waals surface area (Å²) in [4.78, 5) is 4.11. The second-order valence-electron chi connectivity index (χ2n) is 3.09. The van der Waals surface area contributed by atoms with E-state index in [4.69, 9.17) is 9.37 Å². The van der Waals surface area contributed by atoms with Crippen molar-refractivity contribution in [2.45, 2.75) is 6.85 Å². The molecule has 1 aromatic carbocycles. The quantitative estimate of drug-likeness (QED) is 0.704. The van der Waals surface area contributed by atoms with Gasteiger partial charge < -0.3 is 0 Å². The first-order chi connectivity index (χ1) is 8.52. The van der Waals surface area contributed by atoms with Gasteiger partial charge in [-0.2, -0.15) is 5.26 Å². The van der Waals surface area contributed by atoms with Crippen LogP contribution < -0.4 is 0 Å². The predicted octanol–water partition coefficient (Wildman–Crippen LogP) is 2.93. The summed E-state index contributed by atoms with van der Waals surface area (Å²) in [6.45, 7) is -2.15. The van der Waals surface area contributed by atoms with E-state index in [1.165, 1.54) is 12.3 Å². The van der Waals surface area contributed by atoms with Crippen molar-refractivity contribution in [1.82, 2.24) is 4.98 Å². The number of hydrogen-bond acceptors (Lipinski definition) is 2. The summed E-state index contributed by atoms with van der Waals surface area (Å²) in [7, 11) is 0. The van der Waals surface area contributed by atoms with Gasteiger partial charge in [0.25, 0.3) is 0 Å². The van der Waals surface area contributed by atoms with Crippen molar-refractivity contribution >= 4 is 0 Å². The van der Waals surface area contributed by atoms with E-state index in [0.29, 0.717) is 16.8 Å². The standard InChI is InChI=1S/C13H10N2/c1-10-6-7-13(15-9-10)12-5-3-2-4-11(12)8-14/h2-7,9H,1H3/i1D3. The Bertz CT molecular complexity index is 595. The average molecular weight is 197 g/mol. The minimum atomic E-state index is -2.15. The van der Waals surface area contributed by atoms with E-state index in [0.717, 1.165) is 0 Å². The van der Waals surface area contributed by atoms with E-state index >= 15 is 0 Å². The average Bonchev–Trinajstić information content (AvgIpc) is 2.38. The molecule has 72 valence electrons. The molecule has 15 heavy (non-hydrogen) atoms. The predicted molar refractivity (Wildman–Crippen MR) is 59.1 cm³/mol. The van der Waals surface area contributed by atoms with Gasteiger partial charge in [-0.15, -0.1) is 0 Å². The summed E-state index contributed by atoms with van der Waals surface area (Å²) in [6, 6.07) is 12.3. The summed E-state index contributed by atoms with van der Waals surface area (Å²) >= 11 is 0. The van der Waals surface area contributed by atoms with Crippen LogP contribution in [0.3, 0.4) is 0 Å². The Labute approximate surface area is 93.0 Å². The van der Waals surface area contributed by atoms with Crippen molar-refractivity contribution in [2.75, 3.05) is 0 Å². The van der Waals surface area contributed by atoms with Crippen LogP contribution in [0.1, 0.15) is 15.2 Å². The molecule has 0 fully saturated rings. The fourth-order valence-corrected chi connectivity index (χ4v) is 1.36.